The largest absolute Gasteiger partial charge is 0.480 e. The van der Waals surface area contributed by atoms with Gasteiger partial charge < -0.3 is 10.0 Å². The Morgan fingerprint density at radius 3 is 2.91 bits per heavy atom. The number of likely N-dealkylation sites (tertiary alicyclic amines) is 1. The second kappa shape index (κ2) is 5.97. The lowest BCUT2D eigenvalue weighted by molar-refractivity contribution is -0.146. The minimum atomic E-state index is -0.939. The maximum Gasteiger partial charge on any atom is 0.326 e. The van der Waals surface area contributed by atoms with Gasteiger partial charge in [0, 0.05) is 29.8 Å². The summed E-state index contributed by atoms with van der Waals surface area (Å²) < 4.78 is 0. The van der Waals surface area contributed by atoms with E-state index in [0.29, 0.717) is 13.0 Å². The molecule has 0 bridgehead atoms. The topological polar surface area (TPSA) is 70.5 Å². The van der Waals surface area contributed by atoms with Crippen LogP contribution >= 0.6 is 0 Å². The Bertz CT molecular complexity index is 749. The van der Waals surface area contributed by atoms with Gasteiger partial charge in [-0.3, -0.25) is 9.78 Å². The molecule has 1 aliphatic rings. The van der Waals surface area contributed by atoms with E-state index in [1.54, 1.807) is 12.3 Å². The molecule has 1 saturated heterocycles. The molecule has 1 amide bonds. The van der Waals surface area contributed by atoms with E-state index in [0.717, 1.165) is 22.9 Å². The number of fused-ring (bicyclic) bond motifs is 1. The van der Waals surface area contributed by atoms with E-state index in [-0.39, 0.29) is 5.91 Å². The third-order valence-corrected chi connectivity index (χ3v) is 3.89. The molecule has 5 heteroatoms. The maximum atomic E-state index is 12.2. The number of aliphatic carboxylic acids is 1. The summed E-state index contributed by atoms with van der Waals surface area (Å²) >= 11 is 0. The van der Waals surface area contributed by atoms with Gasteiger partial charge in [-0.1, -0.05) is 24.3 Å². The van der Waals surface area contributed by atoms with Gasteiger partial charge in [0.15, 0.2) is 0 Å². The zero-order valence-electron chi connectivity index (χ0n) is 12.0. The fraction of sp³-hybridized carbons (Fsp3) is 0.235. The summed E-state index contributed by atoms with van der Waals surface area (Å²) in [6.07, 6.45) is 6.10. The quantitative estimate of drug-likeness (QED) is 0.882. The summed E-state index contributed by atoms with van der Waals surface area (Å²) in [6, 6.07) is 8.87. The summed E-state index contributed by atoms with van der Waals surface area (Å²) in [5, 5.41) is 10.1. The van der Waals surface area contributed by atoms with Crippen molar-refractivity contribution in [3.8, 4) is 0 Å². The molecule has 2 heterocycles. The normalized spacial score (nSPS) is 18.2. The number of aromatic nitrogens is 1. The number of benzene rings is 1. The molecule has 0 saturated carbocycles. The van der Waals surface area contributed by atoms with Crippen LogP contribution in [0.1, 0.15) is 18.4 Å². The first-order chi connectivity index (χ1) is 10.7. The van der Waals surface area contributed by atoms with Crippen molar-refractivity contribution < 1.29 is 14.7 Å². The highest BCUT2D eigenvalue weighted by atomic mass is 16.4. The number of carboxylic acids is 1. The summed E-state index contributed by atoms with van der Waals surface area (Å²) in [6.45, 7) is 0.494. The van der Waals surface area contributed by atoms with E-state index in [1.807, 2.05) is 30.3 Å². The van der Waals surface area contributed by atoms with Gasteiger partial charge in [-0.25, -0.2) is 4.79 Å². The lowest BCUT2D eigenvalue weighted by Crippen LogP contribution is -2.39. The van der Waals surface area contributed by atoms with E-state index in [2.05, 4.69) is 4.98 Å². The number of para-hydroxylation sites is 1. The zero-order chi connectivity index (χ0) is 15.5. The van der Waals surface area contributed by atoms with E-state index in [1.165, 1.54) is 11.0 Å². The highest BCUT2D eigenvalue weighted by molar-refractivity contribution is 5.97. The Kier molecular flexibility index (Phi) is 3.87. The van der Waals surface area contributed by atoms with Crippen LogP contribution in [0.15, 0.2) is 42.6 Å². The van der Waals surface area contributed by atoms with Gasteiger partial charge in [-0.2, -0.15) is 0 Å². The Morgan fingerprint density at radius 2 is 2.09 bits per heavy atom. The van der Waals surface area contributed by atoms with Crippen molar-refractivity contribution in [2.24, 2.45) is 0 Å². The second-order valence-electron chi connectivity index (χ2n) is 5.28. The Balaban J connectivity index is 1.84. The first-order valence-corrected chi connectivity index (χ1v) is 7.22. The monoisotopic (exact) mass is 296 g/mol. The summed E-state index contributed by atoms with van der Waals surface area (Å²) in [5.41, 5.74) is 1.67. The molecule has 5 nitrogen and oxygen atoms in total. The van der Waals surface area contributed by atoms with Crippen LogP contribution in [0.2, 0.25) is 0 Å². The third kappa shape index (κ3) is 2.70. The van der Waals surface area contributed by atoms with E-state index in [4.69, 9.17) is 5.11 Å². The highest BCUT2D eigenvalue weighted by Crippen LogP contribution is 2.20. The summed E-state index contributed by atoms with van der Waals surface area (Å²) in [7, 11) is 0. The molecule has 1 aromatic heterocycles. The SMILES string of the molecule is O=C(O)C1CCCN1C(=O)/C=C/c1cccc2cccnc12. The van der Waals surface area contributed by atoms with Gasteiger partial charge in [0.05, 0.1) is 5.52 Å². The van der Waals surface area contributed by atoms with Crippen molar-refractivity contribution in [3.05, 3.63) is 48.2 Å². The average Bonchev–Trinajstić information content (AvgIpc) is 3.02. The molecule has 0 radical (unpaired) electrons. The lowest BCUT2D eigenvalue weighted by Gasteiger charge is -2.19. The minimum Gasteiger partial charge on any atom is -0.480 e. The molecule has 1 atom stereocenters. The molecule has 1 N–H and O–H groups in total. The van der Waals surface area contributed by atoms with Crippen LogP contribution in [-0.4, -0.2) is 39.5 Å². The van der Waals surface area contributed by atoms with Crippen LogP contribution in [0, 0.1) is 0 Å². The number of pyridine rings is 1. The van der Waals surface area contributed by atoms with Crippen LogP contribution < -0.4 is 0 Å². The number of carbonyl (C=O) groups excluding carboxylic acids is 1. The molecule has 1 aromatic carbocycles. The van der Waals surface area contributed by atoms with E-state index < -0.39 is 12.0 Å². The number of amides is 1. The molecule has 112 valence electrons. The van der Waals surface area contributed by atoms with Crippen molar-refractivity contribution >= 4 is 28.9 Å². The first-order valence-electron chi connectivity index (χ1n) is 7.22. The summed E-state index contributed by atoms with van der Waals surface area (Å²) in [5.74, 6) is -1.20. The highest BCUT2D eigenvalue weighted by Gasteiger charge is 2.32. The fourth-order valence-corrected chi connectivity index (χ4v) is 2.81. The van der Waals surface area contributed by atoms with Gasteiger partial charge in [0.2, 0.25) is 5.91 Å². The van der Waals surface area contributed by atoms with Crippen LogP contribution in [-0.2, 0) is 9.59 Å². The van der Waals surface area contributed by atoms with Crippen LogP contribution in [0.5, 0.6) is 0 Å². The van der Waals surface area contributed by atoms with Gasteiger partial charge in [0.25, 0.3) is 0 Å². The number of hydrogen-bond acceptors (Lipinski definition) is 3. The van der Waals surface area contributed by atoms with Gasteiger partial charge in [-0.15, -0.1) is 0 Å². The van der Waals surface area contributed by atoms with Gasteiger partial charge in [-0.05, 0) is 25.0 Å². The number of nitrogens with zero attached hydrogens (tertiary/aromatic N) is 2. The van der Waals surface area contributed by atoms with Gasteiger partial charge in [0.1, 0.15) is 6.04 Å². The minimum absolute atomic E-state index is 0.266. The molecular weight excluding hydrogens is 280 g/mol. The average molecular weight is 296 g/mol. The Morgan fingerprint density at radius 1 is 1.27 bits per heavy atom. The smallest absolute Gasteiger partial charge is 0.326 e. The third-order valence-electron chi connectivity index (χ3n) is 3.89. The predicted molar refractivity (Wildman–Crippen MR) is 83.1 cm³/mol. The van der Waals surface area contributed by atoms with Crippen LogP contribution in [0.3, 0.4) is 0 Å². The van der Waals surface area contributed by atoms with Crippen molar-refractivity contribution in [3.63, 3.8) is 0 Å². The zero-order valence-corrected chi connectivity index (χ0v) is 12.0. The maximum absolute atomic E-state index is 12.2. The van der Waals surface area contributed by atoms with Crippen molar-refractivity contribution in [1.82, 2.24) is 9.88 Å². The number of hydrogen-bond donors (Lipinski definition) is 1. The number of rotatable bonds is 3. The number of carboxylic acid groups (broad SMARTS) is 1. The molecule has 22 heavy (non-hydrogen) atoms. The fourth-order valence-electron chi connectivity index (χ4n) is 2.81. The molecule has 2 aromatic rings. The van der Waals surface area contributed by atoms with Crippen molar-refractivity contribution in [2.45, 2.75) is 18.9 Å². The lowest BCUT2D eigenvalue weighted by atomic mass is 10.1. The van der Waals surface area contributed by atoms with Gasteiger partial charge >= 0.3 is 5.97 Å². The van der Waals surface area contributed by atoms with Crippen molar-refractivity contribution in [2.75, 3.05) is 6.54 Å². The molecular formula is C17H16N2O3. The standard InChI is InChI=1S/C17H16N2O3/c20-15(19-11-3-7-14(19)17(21)22)9-8-13-5-1-4-12-6-2-10-18-16(12)13/h1-2,4-6,8-10,14H,3,7,11H2,(H,21,22)/b9-8+. The molecule has 1 unspecified atom stereocenters. The number of carbonyl (C=O) groups is 2. The molecule has 1 aliphatic heterocycles. The molecule has 0 aliphatic carbocycles. The molecule has 3 rings (SSSR count). The first kappa shape index (κ1) is 14.3. The Labute approximate surface area is 127 Å². The molecule has 1 fully saturated rings. The van der Waals surface area contributed by atoms with E-state index >= 15 is 0 Å². The van der Waals surface area contributed by atoms with Crippen LogP contribution in [0.4, 0.5) is 0 Å². The van der Waals surface area contributed by atoms with Crippen molar-refractivity contribution in [1.29, 1.82) is 0 Å². The second-order valence-corrected chi connectivity index (χ2v) is 5.28. The van der Waals surface area contributed by atoms with E-state index in [9.17, 15) is 9.59 Å². The molecule has 0 spiro atoms. The summed E-state index contributed by atoms with van der Waals surface area (Å²) in [4.78, 5) is 29.1. The predicted octanol–water partition coefficient (Wildman–Crippen LogP) is 2.32. The Hall–Kier alpha value is -2.69. The van der Waals surface area contributed by atoms with Crippen LogP contribution in [0.25, 0.3) is 17.0 Å².